The van der Waals surface area contributed by atoms with Gasteiger partial charge in [-0.3, -0.25) is 0 Å². The molecule has 5 atom stereocenters. The summed E-state index contributed by atoms with van der Waals surface area (Å²) in [6.45, 7) is 9.91. The highest BCUT2D eigenvalue weighted by Gasteiger charge is 2.47. The molecule has 0 spiro atoms. The van der Waals surface area contributed by atoms with Gasteiger partial charge in [-0.15, -0.1) is 0 Å². The lowest BCUT2D eigenvalue weighted by atomic mass is 9.87. The molecule has 0 aromatic carbocycles. The van der Waals surface area contributed by atoms with Crippen molar-refractivity contribution in [1.82, 2.24) is 0 Å². The summed E-state index contributed by atoms with van der Waals surface area (Å²) in [7, 11) is 0. The lowest BCUT2D eigenvalue weighted by Crippen LogP contribution is -2.28. The topological polar surface area (TPSA) is 46.5 Å². The first-order valence-corrected chi connectivity index (χ1v) is 6.43. The zero-order chi connectivity index (χ0) is 13.0. The third-order valence-corrected chi connectivity index (χ3v) is 4.47. The predicted molar refractivity (Wildman–Crippen MR) is 67.6 cm³/mol. The third-order valence-electron chi connectivity index (χ3n) is 4.47. The molecule has 0 radical (unpaired) electrons. The van der Waals surface area contributed by atoms with Gasteiger partial charge in [0.2, 0.25) is 0 Å². The first-order valence-electron chi connectivity index (χ1n) is 6.43. The Morgan fingerprint density at radius 3 is 2.83 bits per heavy atom. The molecule has 0 aromatic heterocycles. The molecule has 2 aliphatic carbocycles. The molecule has 3 aliphatic rings. The molecule has 0 aromatic rings. The van der Waals surface area contributed by atoms with Crippen molar-refractivity contribution >= 4 is 5.97 Å². The second kappa shape index (κ2) is 3.82. The minimum atomic E-state index is -0.621. The van der Waals surface area contributed by atoms with Crippen LogP contribution in [0.5, 0.6) is 0 Å². The van der Waals surface area contributed by atoms with E-state index in [1.165, 1.54) is 5.57 Å². The number of carbonyl (C=O) groups is 1. The van der Waals surface area contributed by atoms with Gasteiger partial charge in [0.25, 0.3) is 0 Å². The van der Waals surface area contributed by atoms with Crippen LogP contribution in [0, 0.1) is 17.8 Å². The molecule has 2 fully saturated rings. The van der Waals surface area contributed by atoms with Gasteiger partial charge in [-0.25, -0.2) is 4.79 Å². The molecule has 1 N–H and O–H groups in total. The van der Waals surface area contributed by atoms with E-state index >= 15 is 0 Å². The molecule has 96 valence electrons. The molecule has 1 aliphatic heterocycles. The summed E-state index contributed by atoms with van der Waals surface area (Å²) in [4.78, 5) is 11.6. The number of fused-ring (bicyclic) bond motifs is 2. The molecule has 1 heterocycles. The van der Waals surface area contributed by atoms with Crippen molar-refractivity contribution in [2.75, 3.05) is 0 Å². The summed E-state index contributed by atoms with van der Waals surface area (Å²) in [5.41, 5.74) is 2.72. The number of rotatable bonds is 0. The zero-order valence-corrected chi connectivity index (χ0v) is 10.6. The van der Waals surface area contributed by atoms with Gasteiger partial charge in [0.05, 0.1) is 12.0 Å². The minimum Gasteiger partial charge on any atom is -0.454 e. The summed E-state index contributed by atoms with van der Waals surface area (Å²) in [6.07, 6.45) is 2.67. The summed E-state index contributed by atoms with van der Waals surface area (Å²) in [5.74, 6) is 0.322. The van der Waals surface area contributed by atoms with Crippen LogP contribution >= 0.6 is 0 Å². The number of ether oxygens (including phenoxy) is 1. The molecule has 0 bridgehead atoms. The van der Waals surface area contributed by atoms with E-state index in [0.717, 1.165) is 12.0 Å². The van der Waals surface area contributed by atoms with Crippen molar-refractivity contribution in [3.05, 3.63) is 36.0 Å². The van der Waals surface area contributed by atoms with Crippen LogP contribution in [-0.4, -0.2) is 23.3 Å². The Bertz CT molecular complexity index is 474. The van der Waals surface area contributed by atoms with Crippen LogP contribution in [0.25, 0.3) is 0 Å². The van der Waals surface area contributed by atoms with Crippen LogP contribution in [0.2, 0.25) is 0 Å². The Morgan fingerprint density at radius 2 is 2.11 bits per heavy atom. The molecular formula is C15H18O3. The number of hydrogen-bond donors (Lipinski definition) is 1. The highest BCUT2D eigenvalue weighted by Crippen LogP contribution is 2.51. The Kier molecular flexibility index (Phi) is 2.49. The fourth-order valence-corrected chi connectivity index (χ4v) is 3.27. The van der Waals surface area contributed by atoms with Crippen LogP contribution in [0.15, 0.2) is 36.0 Å². The number of aliphatic hydroxyl groups excluding tert-OH is 1. The standard InChI is InChI=1S/C15H18O3/c1-7-4-12(16)14-9(3)15(17)18-13(14)5-8(2)11-6-10(7)11/h5,10-14,16H,1,3-4,6H2,2H3. The van der Waals surface area contributed by atoms with Crippen molar-refractivity contribution in [2.45, 2.75) is 32.0 Å². The van der Waals surface area contributed by atoms with E-state index in [2.05, 4.69) is 20.1 Å². The maximum atomic E-state index is 11.6. The zero-order valence-electron chi connectivity index (χ0n) is 10.6. The third kappa shape index (κ3) is 1.65. The van der Waals surface area contributed by atoms with Crippen LogP contribution in [-0.2, 0) is 9.53 Å². The molecule has 3 rings (SSSR count). The fourth-order valence-electron chi connectivity index (χ4n) is 3.27. The summed E-state index contributed by atoms with van der Waals surface area (Å²) in [5, 5.41) is 10.3. The van der Waals surface area contributed by atoms with E-state index in [9.17, 15) is 9.90 Å². The van der Waals surface area contributed by atoms with Crippen molar-refractivity contribution < 1.29 is 14.6 Å². The van der Waals surface area contributed by atoms with E-state index in [-0.39, 0.29) is 18.0 Å². The van der Waals surface area contributed by atoms with Gasteiger partial charge in [0.15, 0.2) is 0 Å². The smallest absolute Gasteiger partial charge is 0.334 e. The van der Waals surface area contributed by atoms with Crippen LogP contribution in [0.3, 0.4) is 0 Å². The highest BCUT2D eigenvalue weighted by molar-refractivity contribution is 5.91. The monoisotopic (exact) mass is 246 g/mol. The Labute approximate surface area is 107 Å². The van der Waals surface area contributed by atoms with Gasteiger partial charge < -0.3 is 9.84 Å². The second-order valence-corrected chi connectivity index (χ2v) is 5.71. The molecule has 3 nitrogen and oxygen atoms in total. The Morgan fingerprint density at radius 1 is 1.39 bits per heavy atom. The summed E-state index contributed by atoms with van der Waals surface area (Å²) >= 11 is 0. The van der Waals surface area contributed by atoms with E-state index < -0.39 is 6.10 Å². The number of carbonyl (C=O) groups excluding carboxylic acids is 1. The first kappa shape index (κ1) is 11.7. The number of esters is 1. The van der Waals surface area contributed by atoms with Gasteiger partial charge in [-0.2, -0.15) is 0 Å². The maximum absolute atomic E-state index is 11.6. The predicted octanol–water partition coefficient (Wildman–Crippen LogP) is 1.99. The Hall–Kier alpha value is -1.35. The largest absolute Gasteiger partial charge is 0.454 e. The lowest BCUT2D eigenvalue weighted by Gasteiger charge is -2.21. The number of aliphatic hydroxyl groups is 1. The number of allylic oxidation sites excluding steroid dienone is 1. The Balaban J connectivity index is 1.98. The van der Waals surface area contributed by atoms with Crippen molar-refractivity contribution in [3.63, 3.8) is 0 Å². The fraction of sp³-hybridized carbons (Fsp3) is 0.533. The molecule has 0 amide bonds. The van der Waals surface area contributed by atoms with E-state index in [1.54, 1.807) is 0 Å². The molecule has 1 saturated heterocycles. The lowest BCUT2D eigenvalue weighted by molar-refractivity contribution is -0.137. The average Bonchev–Trinajstić information content (AvgIpc) is 3.02. The quantitative estimate of drug-likeness (QED) is 0.404. The normalized spacial score (nSPS) is 43.1. The minimum absolute atomic E-state index is 0.318. The maximum Gasteiger partial charge on any atom is 0.334 e. The molecule has 18 heavy (non-hydrogen) atoms. The van der Waals surface area contributed by atoms with Crippen molar-refractivity contribution in [1.29, 1.82) is 0 Å². The van der Waals surface area contributed by atoms with E-state index in [4.69, 9.17) is 4.74 Å². The van der Waals surface area contributed by atoms with E-state index in [1.807, 2.05) is 6.08 Å². The van der Waals surface area contributed by atoms with Crippen LogP contribution < -0.4 is 0 Å². The molecule has 1 saturated carbocycles. The van der Waals surface area contributed by atoms with Gasteiger partial charge >= 0.3 is 5.97 Å². The van der Waals surface area contributed by atoms with Gasteiger partial charge in [0, 0.05) is 5.57 Å². The average molecular weight is 246 g/mol. The molecule has 5 unspecified atom stereocenters. The van der Waals surface area contributed by atoms with Gasteiger partial charge in [-0.05, 0) is 37.7 Å². The van der Waals surface area contributed by atoms with Crippen molar-refractivity contribution in [2.24, 2.45) is 17.8 Å². The molecule has 3 heteroatoms. The second-order valence-electron chi connectivity index (χ2n) is 5.71. The first-order chi connectivity index (χ1) is 8.49. The van der Waals surface area contributed by atoms with Gasteiger partial charge in [-0.1, -0.05) is 24.3 Å². The van der Waals surface area contributed by atoms with Crippen LogP contribution in [0.1, 0.15) is 19.8 Å². The number of hydrogen-bond acceptors (Lipinski definition) is 3. The summed E-state index contributed by atoms with van der Waals surface area (Å²) < 4.78 is 5.31. The van der Waals surface area contributed by atoms with Crippen molar-refractivity contribution in [3.8, 4) is 0 Å². The highest BCUT2D eigenvalue weighted by atomic mass is 16.6. The molecular weight excluding hydrogens is 228 g/mol. The SMILES string of the molecule is C=C1CC(O)C2C(=C)C(=O)OC2C=C(C)C2CC12. The summed E-state index contributed by atoms with van der Waals surface area (Å²) in [6, 6.07) is 0. The van der Waals surface area contributed by atoms with E-state index in [0.29, 0.717) is 23.8 Å². The van der Waals surface area contributed by atoms with Crippen LogP contribution in [0.4, 0.5) is 0 Å². The van der Waals surface area contributed by atoms with Gasteiger partial charge in [0.1, 0.15) is 6.10 Å².